The third-order valence-electron chi connectivity index (χ3n) is 6.35. The van der Waals surface area contributed by atoms with Gasteiger partial charge in [0, 0.05) is 14.1 Å². The molecule has 0 aromatic carbocycles. The largest absolute Gasteiger partial charge is 0.465 e. The summed E-state index contributed by atoms with van der Waals surface area (Å²) in [5, 5.41) is 51.1. The minimum absolute atomic E-state index is 0.115. The average Bonchev–Trinajstić information content (AvgIpc) is 3.74. The lowest BCUT2D eigenvalue weighted by Gasteiger charge is -2.05. The van der Waals surface area contributed by atoms with Crippen molar-refractivity contribution >= 4 is 46.4 Å². The van der Waals surface area contributed by atoms with Gasteiger partial charge in [-0.1, -0.05) is 0 Å². The summed E-state index contributed by atoms with van der Waals surface area (Å²) in [6.45, 7) is 2.67. The summed E-state index contributed by atoms with van der Waals surface area (Å²) in [7, 11) is 4.44. The van der Waals surface area contributed by atoms with E-state index >= 15 is 0 Å². The molecule has 226 valence electrons. The first-order valence-electron chi connectivity index (χ1n) is 12.7. The van der Waals surface area contributed by atoms with E-state index in [2.05, 4.69) is 51.0 Å². The van der Waals surface area contributed by atoms with E-state index < -0.39 is 18.4 Å². The first-order valence-corrected chi connectivity index (χ1v) is 12.7. The van der Waals surface area contributed by atoms with Crippen LogP contribution in [0.3, 0.4) is 0 Å². The van der Waals surface area contributed by atoms with Crippen LogP contribution in [0.2, 0.25) is 0 Å². The van der Waals surface area contributed by atoms with Crippen molar-refractivity contribution in [3.8, 4) is 11.6 Å². The number of nitrogen functional groups attached to an aromatic ring is 2. The summed E-state index contributed by atoms with van der Waals surface area (Å²) in [6, 6.07) is 3.20. The number of nitrogens with zero attached hydrogens (tertiary/aromatic N) is 14. The van der Waals surface area contributed by atoms with Gasteiger partial charge < -0.3 is 21.3 Å². The number of anilines is 2. The summed E-state index contributed by atoms with van der Waals surface area (Å²) in [4.78, 5) is 24.0. The molecule has 0 radical (unpaired) electrons. The second-order valence-electron chi connectivity index (χ2n) is 9.20. The number of hydrogen-bond donors (Lipinski definition) is 3. The number of Topliss-reactive ketones (excluding diaryl/α,β-unsaturated/α-hetero) is 1. The smallest absolute Gasteiger partial charge is 0.343 e. The van der Waals surface area contributed by atoms with E-state index in [0.717, 1.165) is 0 Å². The van der Waals surface area contributed by atoms with Crippen molar-refractivity contribution in [3.05, 3.63) is 47.0 Å². The maximum Gasteiger partial charge on any atom is 0.343 e. The number of rotatable bonds is 9. The highest BCUT2D eigenvalue weighted by Crippen LogP contribution is 2.32. The van der Waals surface area contributed by atoms with Gasteiger partial charge in [-0.3, -0.25) is 4.79 Å². The van der Waals surface area contributed by atoms with Crippen LogP contribution in [0.25, 0.3) is 11.6 Å². The Bertz CT molecular complexity index is 1800. The van der Waals surface area contributed by atoms with Gasteiger partial charge in [-0.25, -0.2) is 14.2 Å². The first-order chi connectivity index (χ1) is 21.0. The number of azo groups is 2. The van der Waals surface area contributed by atoms with E-state index in [4.69, 9.17) is 16.2 Å². The molecule has 0 fully saturated rings. The van der Waals surface area contributed by atoms with E-state index in [1.807, 2.05) is 0 Å². The number of aryl methyl sites for hydroxylation is 4. The van der Waals surface area contributed by atoms with E-state index in [1.54, 1.807) is 40.1 Å². The van der Waals surface area contributed by atoms with Gasteiger partial charge in [-0.15, -0.1) is 30.7 Å². The molecule has 0 saturated carbocycles. The van der Waals surface area contributed by atoms with Gasteiger partial charge in [-0.05, 0) is 26.0 Å². The zero-order valence-corrected chi connectivity index (χ0v) is 24.1. The zero-order chi connectivity index (χ0) is 31.7. The maximum absolute atomic E-state index is 12.0. The number of nitrogens with two attached hydrogens (primary N) is 2. The molecule has 5 aromatic rings. The van der Waals surface area contributed by atoms with Gasteiger partial charge in [0.25, 0.3) is 0 Å². The topological polar surface area (TPSA) is 262 Å². The van der Waals surface area contributed by atoms with Crippen molar-refractivity contribution in [1.29, 1.82) is 0 Å². The molecular formula is C24H26N16O4. The standard InChI is InChI=1S/C24H26N16O4/c1-11-18(31-33-22-13(15(42)10-41)8-27-37(22)3)20(25)39(35-11)16-6-7-17(30-29-16)40-21(26)19(12(2)36-40)32-34-23-14(24(43)44-5)9-28-38(23)4/h6-9,41H,10,25-26H2,1-5H3. The van der Waals surface area contributed by atoms with Crippen LogP contribution in [0.1, 0.15) is 32.1 Å². The number of ketones is 1. The lowest BCUT2D eigenvalue weighted by molar-refractivity contribution is 0.0601. The molecule has 0 amide bonds. The van der Waals surface area contributed by atoms with Gasteiger partial charge in [0.15, 0.2) is 52.1 Å². The minimum atomic E-state index is -0.694. The summed E-state index contributed by atoms with van der Waals surface area (Å²) in [5.41, 5.74) is 14.3. The summed E-state index contributed by atoms with van der Waals surface area (Å²) in [5.74, 6) is -0.0543. The van der Waals surface area contributed by atoms with Crippen LogP contribution in [-0.2, 0) is 18.8 Å². The zero-order valence-electron chi connectivity index (χ0n) is 24.1. The molecule has 0 saturated heterocycles. The lowest BCUT2D eigenvalue weighted by atomic mass is 10.2. The van der Waals surface area contributed by atoms with Crippen molar-refractivity contribution < 1.29 is 19.4 Å². The Morgan fingerprint density at radius 3 is 1.70 bits per heavy atom. The molecule has 20 nitrogen and oxygen atoms in total. The number of methoxy groups -OCH3 is 1. The molecule has 0 aliphatic heterocycles. The Kier molecular flexibility index (Phi) is 7.73. The van der Waals surface area contributed by atoms with Gasteiger partial charge in [0.05, 0.1) is 36.5 Å². The first kappa shape index (κ1) is 29.3. The fraction of sp³-hybridized carbons (Fsp3) is 0.250. The summed E-state index contributed by atoms with van der Waals surface area (Å²) >= 11 is 0. The van der Waals surface area contributed by atoms with Crippen LogP contribution in [-0.4, -0.2) is 79.9 Å². The summed E-state index contributed by atoms with van der Waals surface area (Å²) in [6.07, 6.45) is 2.62. The highest BCUT2D eigenvalue weighted by Gasteiger charge is 2.21. The third kappa shape index (κ3) is 5.15. The van der Waals surface area contributed by atoms with Crippen molar-refractivity contribution in [2.45, 2.75) is 13.8 Å². The fourth-order valence-corrected chi connectivity index (χ4v) is 4.04. The van der Waals surface area contributed by atoms with Crippen LogP contribution in [0.15, 0.2) is 45.0 Å². The highest BCUT2D eigenvalue weighted by molar-refractivity contribution is 6.00. The molecule has 44 heavy (non-hydrogen) atoms. The maximum atomic E-state index is 12.0. The van der Waals surface area contributed by atoms with Crippen molar-refractivity contribution in [3.63, 3.8) is 0 Å². The Hall–Kier alpha value is -6.18. The quantitative estimate of drug-likeness (QED) is 0.124. The van der Waals surface area contributed by atoms with Gasteiger partial charge in [0.2, 0.25) is 0 Å². The van der Waals surface area contributed by atoms with Crippen LogP contribution < -0.4 is 11.5 Å². The van der Waals surface area contributed by atoms with Gasteiger partial charge in [-0.2, -0.15) is 29.8 Å². The Morgan fingerprint density at radius 2 is 1.27 bits per heavy atom. The van der Waals surface area contributed by atoms with Crippen LogP contribution in [0.4, 0.5) is 34.6 Å². The second-order valence-corrected chi connectivity index (χ2v) is 9.20. The normalized spacial score (nSPS) is 11.7. The molecule has 0 atom stereocenters. The van der Waals surface area contributed by atoms with Crippen molar-refractivity contribution in [2.24, 2.45) is 34.6 Å². The number of carbonyl (C=O) groups is 2. The molecule has 5 N–H and O–H groups in total. The number of aliphatic hydroxyl groups is 1. The number of hydrogen-bond acceptors (Lipinski definition) is 16. The van der Waals surface area contributed by atoms with Gasteiger partial charge >= 0.3 is 5.97 Å². The van der Waals surface area contributed by atoms with Crippen molar-refractivity contribution in [1.82, 2.24) is 49.3 Å². The van der Waals surface area contributed by atoms with E-state index in [9.17, 15) is 14.7 Å². The monoisotopic (exact) mass is 602 g/mol. The Labute approximate surface area is 247 Å². The van der Waals surface area contributed by atoms with Crippen LogP contribution in [0.5, 0.6) is 0 Å². The average molecular weight is 603 g/mol. The third-order valence-corrected chi connectivity index (χ3v) is 6.35. The predicted molar refractivity (Wildman–Crippen MR) is 152 cm³/mol. The number of aromatic nitrogens is 10. The molecule has 5 heterocycles. The number of esters is 1. The number of ether oxygens (including phenoxy) is 1. The molecule has 0 aliphatic rings. The summed E-state index contributed by atoms with van der Waals surface area (Å²) < 4.78 is 10.1. The SMILES string of the molecule is COC(=O)c1cnn(C)c1N=Nc1c(C)nn(-c2ccc(-n3nc(C)c(N=Nc4c(C(=O)CO)cnn4C)c3N)nn2)c1N. The molecule has 0 unspecified atom stereocenters. The number of carbonyl (C=O) groups excluding carboxylic acids is 2. The van der Waals surface area contributed by atoms with Crippen molar-refractivity contribution in [2.75, 3.05) is 25.2 Å². The Morgan fingerprint density at radius 1 is 0.818 bits per heavy atom. The van der Waals surface area contributed by atoms with E-state index in [-0.39, 0.29) is 57.4 Å². The Balaban J connectivity index is 1.41. The molecule has 5 aromatic heterocycles. The predicted octanol–water partition coefficient (Wildman–Crippen LogP) is 1.89. The molecular weight excluding hydrogens is 576 g/mol. The fourth-order valence-electron chi connectivity index (χ4n) is 4.04. The van der Waals surface area contributed by atoms with Crippen LogP contribution >= 0.6 is 0 Å². The number of aliphatic hydroxyl groups excluding tert-OH is 1. The van der Waals surface area contributed by atoms with Crippen LogP contribution in [0, 0.1) is 13.8 Å². The van der Waals surface area contributed by atoms with E-state index in [1.165, 1.54) is 38.2 Å². The minimum Gasteiger partial charge on any atom is -0.465 e. The highest BCUT2D eigenvalue weighted by atomic mass is 16.5. The van der Waals surface area contributed by atoms with E-state index in [0.29, 0.717) is 11.4 Å². The molecule has 5 rings (SSSR count). The van der Waals surface area contributed by atoms with Gasteiger partial charge in [0.1, 0.15) is 12.2 Å². The second kappa shape index (κ2) is 11.6. The molecule has 0 spiro atoms. The molecule has 20 heteroatoms. The molecule has 0 aliphatic carbocycles. The molecule has 0 bridgehead atoms. The lowest BCUT2D eigenvalue weighted by Crippen LogP contribution is -2.09.